The molecule has 27 heavy (non-hydrogen) atoms. The Hall–Kier alpha value is -2.82. The summed E-state index contributed by atoms with van der Waals surface area (Å²) in [6.07, 6.45) is 2.20. The van der Waals surface area contributed by atoms with Crippen LogP contribution in [0.2, 0.25) is 0 Å². The van der Waals surface area contributed by atoms with Gasteiger partial charge in [0.25, 0.3) is 0 Å². The lowest BCUT2D eigenvalue weighted by Gasteiger charge is -2.31. The van der Waals surface area contributed by atoms with Crippen LogP contribution in [0.5, 0.6) is 0 Å². The fourth-order valence-corrected chi connectivity index (χ4v) is 3.36. The number of urea groups is 1. The molecule has 3 amide bonds. The van der Waals surface area contributed by atoms with E-state index in [1.807, 2.05) is 67.3 Å². The Labute approximate surface area is 160 Å². The van der Waals surface area contributed by atoms with Gasteiger partial charge in [0, 0.05) is 30.9 Å². The highest BCUT2D eigenvalue weighted by Gasteiger charge is 2.24. The smallest absolute Gasteiger partial charge is 0.321 e. The monoisotopic (exact) mass is 365 g/mol. The number of aryl methyl sites for hydroxylation is 2. The van der Waals surface area contributed by atoms with Crippen molar-refractivity contribution >= 4 is 23.3 Å². The Morgan fingerprint density at radius 3 is 2.30 bits per heavy atom. The first-order valence-electron chi connectivity index (χ1n) is 9.49. The van der Waals surface area contributed by atoms with Gasteiger partial charge in [-0.25, -0.2) is 4.79 Å². The van der Waals surface area contributed by atoms with E-state index in [4.69, 9.17) is 0 Å². The van der Waals surface area contributed by atoms with Crippen LogP contribution in [0.1, 0.15) is 30.4 Å². The third-order valence-corrected chi connectivity index (χ3v) is 5.10. The van der Waals surface area contributed by atoms with Gasteiger partial charge in [0.15, 0.2) is 0 Å². The zero-order valence-corrected chi connectivity index (χ0v) is 16.0. The van der Waals surface area contributed by atoms with Gasteiger partial charge in [0.1, 0.15) is 0 Å². The molecule has 2 aromatic rings. The van der Waals surface area contributed by atoms with Crippen LogP contribution in [0.25, 0.3) is 0 Å². The number of anilines is 2. The summed E-state index contributed by atoms with van der Waals surface area (Å²) < 4.78 is 0. The molecule has 0 unspecified atom stereocenters. The van der Waals surface area contributed by atoms with E-state index in [0.29, 0.717) is 25.4 Å². The van der Waals surface area contributed by atoms with Crippen molar-refractivity contribution in [1.29, 1.82) is 0 Å². The third kappa shape index (κ3) is 5.33. The molecule has 1 heterocycles. The van der Waals surface area contributed by atoms with E-state index in [9.17, 15) is 9.59 Å². The average Bonchev–Trinajstić information content (AvgIpc) is 2.66. The summed E-state index contributed by atoms with van der Waals surface area (Å²) in [4.78, 5) is 26.5. The number of amides is 3. The molecule has 0 saturated carbocycles. The summed E-state index contributed by atoms with van der Waals surface area (Å²) >= 11 is 0. The van der Waals surface area contributed by atoms with Gasteiger partial charge in [-0.1, -0.05) is 35.9 Å². The molecule has 0 radical (unpaired) electrons. The quantitative estimate of drug-likeness (QED) is 0.833. The van der Waals surface area contributed by atoms with Crippen LogP contribution in [-0.2, 0) is 4.79 Å². The van der Waals surface area contributed by atoms with E-state index in [-0.39, 0.29) is 11.9 Å². The van der Waals surface area contributed by atoms with Gasteiger partial charge in [-0.2, -0.15) is 0 Å². The third-order valence-electron chi connectivity index (χ3n) is 5.10. The van der Waals surface area contributed by atoms with Crippen molar-refractivity contribution in [3.05, 3.63) is 59.7 Å². The Kier molecular flexibility index (Phi) is 6.12. The number of hydrogen-bond donors (Lipinski definition) is 2. The first-order valence-corrected chi connectivity index (χ1v) is 9.49. The van der Waals surface area contributed by atoms with E-state index >= 15 is 0 Å². The summed E-state index contributed by atoms with van der Waals surface area (Å²) in [6.45, 7) is 5.37. The molecule has 0 aliphatic carbocycles. The number of piperidine rings is 1. The first kappa shape index (κ1) is 19.0. The lowest BCUT2D eigenvalue weighted by Crippen LogP contribution is -2.41. The van der Waals surface area contributed by atoms with Crippen LogP contribution in [0.4, 0.5) is 16.2 Å². The molecule has 5 nitrogen and oxygen atoms in total. The van der Waals surface area contributed by atoms with Crippen LogP contribution >= 0.6 is 0 Å². The minimum absolute atomic E-state index is 0.0480. The van der Waals surface area contributed by atoms with Gasteiger partial charge in [0.05, 0.1) is 0 Å². The fraction of sp³-hybridized carbons (Fsp3) is 0.364. The largest absolute Gasteiger partial charge is 0.326 e. The first-order chi connectivity index (χ1) is 13.0. The van der Waals surface area contributed by atoms with Gasteiger partial charge in [-0.3, -0.25) is 4.79 Å². The Bertz CT molecular complexity index is 793. The molecule has 2 N–H and O–H groups in total. The molecule has 0 atom stereocenters. The SMILES string of the molecule is Cc1ccc(NC(=O)N2CCC(CC(=O)Nc3ccccc3C)CC2)cc1. The maximum absolute atomic E-state index is 12.4. The van der Waals surface area contributed by atoms with Crippen LogP contribution in [0.15, 0.2) is 48.5 Å². The van der Waals surface area contributed by atoms with Gasteiger partial charge < -0.3 is 15.5 Å². The molecule has 142 valence electrons. The second kappa shape index (κ2) is 8.71. The van der Waals surface area contributed by atoms with Crippen LogP contribution < -0.4 is 10.6 Å². The number of likely N-dealkylation sites (tertiary alicyclic amines) is 1. The molecule has 1 aliphatic heterocycles. The predicted octanol–water partition coefficient (Wildman–Crippen LogP) is 4.58. The van der Waals surface area contributed by atoms with E-state index in [0.717, 1.165) is 35.3 Å². The molecule has 0 spiro atoms. The molecule has 0 bridgehead atoms. The lowest BCUT2D eigenvalue weighted by molar-refractivity contribution is -0.117. The van der Waals surface area contributed by atoms with E-state index < -0.39 is 0 Å². The minimum Gasteiger partial charge on any atom is -0.326 e. The highest BCUT2D eigenvalue weighted by atomic mass is 16.2. The van der Waals surface area contributed by atoms with Gasteiger partial charge in [-0.05, 0) is 56.4 Å². The average molecular weight is 365 g/mol. The number of benzene rings is 2. The second-order valence-electron chi connectivity index (χ2n) is 7.29. The van der Waals surface area contributed by atoms with Crippen molar-refractivity contribution in [3.8, 4) is 0 Å². The van der Waals surface area contributed by atoms with Crippen molar-refractivity contribution in [2.75, 3.05) is 23.7 Å². The normalized spacial score (nSPS) is 14.7. The lowest BCUT2D eigenvalue weighted by atomic mass is 9.93. The maximum atomic E-state index is 12.4. The van der Waals surface area contributed by atoms with Gasteiger partial charge >= 0.3 is 6.03 Å². The van der Waals surface area contributed by atoms with E-state index in [2.05, 4.69) is 10.6 Å². The summed E-state index contributed by atoms with van der Waals surface area (Å²) in [5, 5.41) is 5.94. The van der Waals surface area contributed by atoms with E-state index in [1.54, 1.807) is 0 Å². The molecule has 2 aromatic carbocycles. The number of para-hydroxylation sites is 1. The van der Waals surface area contributed by atoms with Gasteiger partial charge in [-0.15, -0.1) is 0 Å². The molecule has 5 heteroatoms. The molecular weight excluding hydrogens is 338 g/mol. The highest BCUT2D eigenvalue weighted by molar-refractivity contribution is 5.92. The number of nitrogens with zero attached hydrogens (tertiary/aromatic N) is 1. The highest BCUT2D eigenvalue weighted by Crippen LogP contribution is 2.23. The number of rotatable bonds is 4. The molecule has 0 aromatic heterocycles. The van der Waals surface area contributed by atoms with Crippen molar-refractivity contribution in [1.82, 2.24) is 4.90 Å². The maximum Gasteiger partial charge on any atom is 0.321 e. The van der Waals surface area contributed by atoms with Crippen LogP contribution in [0, 0.1) is 19.8 Å². The van der Waals surface area contributed by atoms with Crippen LogP contribution in [-0.4, -0.2) is 29.9 Å². The number of carbonyl (C=O) groups excluding carboxylic acids is 2. The minimum atomic E-state index is -0.0679. The summed E-state index contributed by atoms with van der Waals surface area (Å²) in [5.41, 5.74) is 3.91. The zero-order valence-electron chi connectivity index (χ0n) is 16.0. The van der Waals surface area contributed by atoms with Crippen molar-refractivity contribution in [3.63, 3.8) is 0 Å². The van der Waals surface area contributed by atoms with Crippen molar-refractivity contribution < 1.29 is 9.59 Å². The Balaban J connectivity index is 1.44. The van der Waals surface area contributed by atoms with Crippen molar-refractivity contribution in [2.45, 2.75) is 33.1 Å². The Morgan fingerprint density at radius 1 is 0.963 bits per heavy atom. The standard InChI is InChI=1S/C22H27N3O2/c1-16-7-9-19(10-8-16)23-22(27)25-13-11-18(12-14-25)15-21(26)24-20-6-4-3-5-17(20)2/h3-10,18H,11-15H2,1-2H3,(H,23,27)(H,24,26). The molecule has 1 fully saturated rings. The van der Waals surface area contributed by atoms with Crippen molar-refractivity contribution in [2.24, 2.45) is 5.92 Å². The number of hydrogen-bond acceptors (Lipinski definition) is 2. The number of carbonyl (C=O) groups is 2. The van der Waals surface area contributed by atoms with Crippen LogP contribution in [0.3, 0.4) is 0 Å². The summed E-state index contributed by atoms with van der Waals surface area (Å²) in [7, 11) is 0. The summed E-state index contributed by atoms with van der Waals surface area (Å²) in [6, 6.07) is 15.5. The molecule has 1 aliphatic rings. The zero-order chi connectivity index (χ0) is 19.2. The molecule has 1 saturated heterocycles. The summed E-state index contributed by atoms with van der Waals surface area (Å²) in [5.74, 6) is 0.365. The second-order valence-corrected chi connectivity index (χ2v) is 7.29. The fourth-order valence-electron chi connectivity index (χ4n) is 3.36. The molecular formula is C22H27N3O2. The van der Waals surface area contributed by atoms with Gasteiger partial charge in [0.2, 0.25) is 5.91 Å². The topological polar surface area (TPSA) is 61.4 Å². The predicted molar refractivity (Wildman–Crippen MR) is 109 cm³/mol. The number of nitrogens with one attached hydrogen (secondary N) is 2. The molecule has 3 rings (SSSR count). The van der Waals surface area contributed by atoms with E-state index in [1.165, 1.54) is 0 Å². The Morgan fingerprint density at radius 2 is 1.63 bits per heavy atom.